The molecule has 4 heterocycles. The van der Waals surface area contributed by atoms with Crippen LogP contribution in [-0.4, -0.2) is 99.0 Å². The summed E-state index contributed by atoms with van der Waals surface area (Å²) in [5, 5.41) is 3.91. The Hall–Kier alpha value is -1.22. The van der Waals surface area contributed by atoms with E-state index in [4.69, 9.17) is 21.3 Å². The minimum absolute atomic E-state index is 0.0655. The fourth-order valence-corrected chi connectivity index (χ4v) is 7.90. The highest BCUT2D eigenvalue weighted by Crippen LogP contribution is 2.52. The summed E-state index contributed by atoms with van der Waals surface area (Å²) in [5.41, 5.74) is 0.449. The van der Waals surface area contributed by atoms with Gasteiger partial charge in [0.15, 0.2) is 0 Å². The Morgan fingerprint density at radius 1 is 0.861 bits per heavy atom. The second-order valence-electron chi connectivity index (χ2n) is 14.0. The Labute approximate surface area is 223 Å². The molecule has 0 aromatic carbocycles. The van der Waals surface area contributed by atoms with Gasteiger partial charge >= 0.3 is 0 Å². The van der Waals surface area contributed by atoms with E-state index in [1.54, 1.807) is 0 Å². The maximum Gasteiger partial charge on any atom is 0.231 e. The van der Waals surface area contributed by atoms with E-state index in [1.807, 2.05) is 0 Å². The predicted octanol–water partition coefficient (Wildman–Crippen LogP) is 4.59. The molecule has 4 rings (SSSR count). The molecule has 204 valence electrons. The molecule has 3 aliphatic rings. The maximum atomic E-state index is 6.34. The molecule has 3 aliphatic heterocycles. The number of morpholine rings is 1. The third kappa shape index (κ3) is 4.83. The highest BCUT2D eigenvalue weighted by Gasteiger charge is 2.62. The van der Waals surface area contributed by atoms with Gasteiger partial charge in [0.1, 0.15) is 0 Å². The molecule has 3 fully saturated rings. The van der Waals surface area contributed by atoms with Crippen molar-refractivity contribution < 1.29 is 9.22 Å². The van der Waals surface area contributed by atoms with Gasteiger partial charge in [0.25, 0.3) is 0 Å². The Morgan fingerprint density at radius 2 is 1.39 bits per heavy atom. The van der Waals surface area contributed by atoms with Gasteiger partial charge in [0.2, 0.25) is 17.2 Å². The number of quaternary nitrogens is 1. The summed E-state index contributed by atoms with van der Waals surface area (Å²) >= 11 is 6.34. The zero-order valence-corrected chi connectivity index (χ0v) is 25.0. The van der Waals surface area contributed by atoms with Crippen LogP contribution in [0.25, 0.3) is 0 Å². The molecule has 0 saturated carbocycles. The van der Waals surface area contributed by atoms with Crippen molar-refractivity contribution in [1.29, 1.82) is 0 Å². The number of aromatic nitrogens is 3. The lowest BCUT2D eigenvalue weighted by Crippen LogP contribution is -2.80. The van der Waals surface area contributed by atoms with E-state index in [2.05, 4.69) is 94.6 Å². The summed E-state index contributed by atoms with van der Waals surface area (Å²) in [6.45, 7) is 22.4. The van der Waals surface area contributed by atoms with Gasteiger partial charge in [0, 0.05) is 55.9 Å². The number of anilines is 2. The molecular weight excluding hydrogens is 474 g/mol. The Bertz CT molecular complexity index is 921. The Morgan fingerprint density at radius 3 is 1.92 bits per heavy atom. The van der Waals surface area contributed by atoms with Gasteiger partial charge in [-0.05, 0) is 74.0 Å². The molecule has 0 spiro atoms. The molecule has 0 bridgehead atoms. The number of halogens is 1. The first-order valence-electron chi connectivity index (χ1n) is 13.6. The highest BCUT2D eigenvalue weighted by atomic mass is 35.5. The predicted molar refractivity (Wildman–Crippen MR) is 148 cm³/mol. The van der Waals surface area contributed by atoms with Crippen LogP contribution in [0.5, 0.6) is 0 Å². The number of piperidine rings is 2. The third-order valence-electron chi connectivity index (χ3n) is 10.2. The fraction of sp³-hybridized carbons (Fsp3) is 0.889. The molecule has 9 heteroatoms. The van der Waals surface area contributed by atoms with Gasteiger partial charge in [-0.15, -0.1) is 0 Å². The van der Waals surface area contributed by atoms with E-state index < -0.39 is 0 Å². The number of hydrogen-bond donors (Lipinski definition) is 1. The van der Waals surface area contributed by atoms with Crippen molar-refractivity contribution in [2.75, 3.05) is 50.6 Å². The first-order chi connectivity index (χ1) is 16.5. The molecule has 3 saturated heterocycles. The minimum Gasteiger partial charge on any atom is -0.378 e. The van der Waals surface area contributed by atoms with Gasteiger partial charge in [-0.25, -0.2) is 0 Å². The van der Waals surface area contributed by atoms with Crippen molar-refractivity contribution in [2.24, 2.45) is 0 Å². The molecule has 1 N–H and O–H groups in total. The Kier molecular flexibility index (Phi) is 7.11. The van der Waals surface area contributed by atoms with Gasteiger partial charge < -0.3 is 19.4 Å². The first-order valence-corrected chi connectivity index (χ1v) is 14.0. The molecule has 36 heavy (non-hydrogen) atoms. The van der Waals surface area contributed by atoms with E-state index >= 15 is 0 Å². The summed E-state index contributed by atoms with van der Waals surface area (Å²) in [6.07, 6.45) is 4.47. The average Bonchev–Trinajstić information content (AvgIpc) is 2.75. The number of likely N-dealkylation sites (tertiary alicyclic amines) is 2. The molecule has 8 nitrogen and oxygen atoms in total. The summed E-state index contributed by atoms with van der Waals surface area (Å²) in [6, 6.07) is 0.834. The first kappa shape index (κ1) is 27.8. The quantitative estimate of drug-likeness (QED) is 0.580. The lowest BCUT2D eigenvalue weighted by Gasteiger charge is -2.68. The second-order valence-corrected chi connectivity index (χ2v) is 14.4. The van der Waals surface area contributed by atoms with Crippen LogP contribution in [0.3, 0.4) is 0 Å². The van der Waals surface area contributed by atoms with Crippen LogP contribution >= 0.6 is 11.6 Å². The molecule has 0 radical (unpaired) electrons. The molecule has 0 unspecified atom stereocenters. The van der Waals surface area contributed by atoms with Gasteiger partial charge in [-0.1, -0.05) is 0 Å². The van der Waals surface area contributed by atoms with E-state index in [0.29, 0.717) is 31.2 Å². The number of nitrogens with zero attached hydrogens (tertiary/aromatic N) is 6. The molecular formula is C27H49ClN7O+. The molecule has 0 aliphatic carbocycles. The highest BCUT2D eigenvalue weighted by molar-refractivity contribution is 6.28. The van der Waals surface area contributed by atoms with Crippen LogP contribution in [-0.2, 0) is 4.74 Å². The molecule has 1 aromatic rings. The van der Waals surface area contributed by atoms with E-state index in [-0.39, 0.29) is 33.5 Å². The number of rotatable bonds is 4. The van der Waals surface area contributed by atoms with Gasteiger partial charge in [-0.2, -0.15) is 15.0 Å². The average molecular weight is 523 g/mol. The lowest BCUT2D eigenvalue weighted by atomic mass is 9.68. The number of nitrogens with one attached hydrogen (secondary N) is 1. The van der Waals surface area contributed by atoms with Crippen LogP contribution in [0, 0.1) is 0 Å². The van der Waals surface area contributed by atoms with Crippen molar-refractivity contribution >= 4 is 23.5 Å². The van der Waals surface area contributed by atoms with Crippen LogP contribution in [0.2, 0.25) is 5.28 Å². The van der Waals surface area contributed by atoms with Crippen LogP contribution in [0.4, 0.5) is 11.9 Å². The summed E-state index contributed by atoms with van der Waals surface area (Å²) in [4.78, 5) is 18.3. The van der Waals surface area contributed by atoms with Crippen LogP contribution < -0.4 is 10.2 Å². The lowest BCUT2D eigenvalue weighted by molar-refractivity contribution is -1.03. The number of ether oxygens (including phenoxy) is 1. The van der Waals surface area contributed by atoms with Crippen molar-refractivity contribution in [3.63, 3.8) is 0 Å². The van der Waals surface area contributed by atoms with Gasteiger partial charge in [0.05, 0.1) is 37.4 Å². The molecule has 1 aromatic heterocycles. The second kappa shape index (κ2) is 9.21. The normalized spacial score (nSPS) is 32.3. The van der Waals surface area contributed by atoms with Crippen LogP contribution in [0.1, 0.15) is 81.1 Å². The zero-order chi connectivity index (χ0) is 26.7. The van der Waals surface area contributed by atoms with Crippen LogP contribution in [0.15, 0.2) is 0 Å². The minimum atomic E-state index is 0.0655. The largest absolute Gasteiger partial charge is 0.378 e. The SMILES string of the molecule is CN1C(C)(C)CC([N+]2(C)C(C)(C)CC(Nc3nc(Cl)nc(N4CCOCC4)n3)CC2(C)C)CC1(C)C. The summed E-state index contributed by atoms with van der Waals surface area (Å²) in [7, 11) is 4.82. The van der Waals surface area contributed by atoms with E-state index in [0.717, 1.165) is 30.4 Å². The smallest absolute Gasteiger partial charge is 0.231 e. The monoisotopic (exact) mass is 522 g/mol. The van der Waals surface area contributed by atoms with Crippen molar-refractivity contribution in [1.82, 2.24) is 19.9 Å². The molecule has 0 atom stereocenters. The Balaban J connectivity index is 1.58. The molecule has 0 amide bonds. The third-order valence-corrected chi connectivity index (χ3v) is 10.4. The topological polar surface area (TPSA) is 66.4 Å². The van der Waals surface area contributed by atoms with Crippen molar-refractivity contribution in [2.45, 2.75) is 115 Å². The maximum absolute atomic E-state index is 6.34. The van der Waals surface area contributed by atoms with E-state index in [1.165, 1.54) is 12.8 Å². The fourth-order valence-electron chi connectivity index (χ4n) is 7.74. The van der Waals surface area contributed by atoms with Crippen molar-refractivity contribution in [3.05, 3.63) is 5.28 Å². The standard InChI is InChI=1S/C27H49ClN7O/c1-24(2)17-20(18-25(3,4)33(24)9)35(10)26(5,6)15-19(16-27(35,7)8)29-22-30-21(28)31-23(32-22)34-11-13-36-14-12-34/h19-20H,11-18H2,1-10H3,(H,29,30,31,32)/q+1. The zero-order valence-electron chi connectivity index (χ0n) is 24.3. The number of hydrogen-bond acceptors (Lipinski definition) is 7. The van der Waals surface area contributed by atoms with E-state index in [9.17, 15) is 0 Å². The summed E-state index contributed by atoms with van der Waals surface area (Å²) < 4.78 is 6.55. The summed E-state index contributed by atoms with van der Waals surface area (Å²) in [5.74, 6) is 1.21. The van der Waals surface area contributed by atoms with Gasteiger partial charge in [-0.3, -0.25) is 4.90 Å². The van der Waals surface area contributed by atoms with Crippen molar-refractivity contribution in [3.8, 4) is 0 Å².